The highest BCUT2D eigenvalue weighted by atomic mass is 35.5. The van der Waals surface area contributed by atoms with Crippen LogP contribution in [-0.2, 0) is 0 Å². The average molecular weight is 287 g/mol. The number of nitrogens with zero attached hydrogens (tertiary/aromatic N) is 2. The summed E-state index contributed by atoms with van der Waals surface area (Å²) in [7, 11) is 0. The van der Waals surface area contributed by atoms with Gasteiger partial charge in [0.1, 0.15) is 5.69 Å². The van der Waals surface area contributed by atoms with E-state index in [0.29, 0.717) is 16.8 Å². The summed E-state index contributed by atoms with van der Waals surface area (Å²) in [6.45, 7) is 2.96. The average Bonchev–Trinajstić information content (AvgIpc) is 2.54. The Kier molecular flexibility index (Phi) is 4.35. The molecule has 6 heteroatoms. The molecule has 1 atom stereocenters. The first-order valence-corrected chi connectivity index (χ1v) is 7.41. The lowest BCUT2D eigenvalue weighted by Crippen LogP contribution is -2.34. The zero-order valence-electron chi connectivity index (χ0n) is 10.1. The van der Waals surface area contributed by atoms with Gasteiger partial charge in [-0.3, -0.25) is 10.1 Å². The van der Waals surface area contributed by atoms with E-state index in [1.807, 2.05) is 11.8 Å². The smallest absolute Gasteiger partial charge is 0.294 e. The maximum atomic E-state index is 11.1. The molecule has 1 heterocycles. The quantitative estimate of drug-likeness (QED) is 0.616. The Bertz CT molecular complexity index is 456. The SMILES string of the molecule is CC1CCSCCN1c1ccc(Cl)cc1[N+](=O)[O-]. The Morgan fingerprint density at radius 1 is 1.50 bits per heavy atom. The third-order valence-electron chi connectivity index (χ3n) is 3.13. The molecule has 1 fully saturated rings. The minimum atomic E-state index is -0.355. The Hall–Kier alpha value is -0.940. The molecule has 2 rings (SSSR count). The normalized spacial score (nSPS) is 20.6. The summed E-state index contributed by atoms with van der Waals surface area (Å²) >= 11 is 7.74. The number of hydrogen-bond acceptors (Lipinski definition) is 4. The largest absolute Gasteiger partial charge is 0.362 e. The van der Waals surface area contributed by atoms with Gasteiger partial charge in [-0.05, 0) is 31.2 Å². The number of halogens is 1. The van der Waals surface area contributed by atoms with Crippen LogP contribution < -0.4 is 4.90 Å². The number of hydrogen-bond donors (Lipinski definition) is 0. The molecule has 1 aromatic carbocycles. The highest BCUT2D eigenvalue weighted by Crippen LogP contribution is 2.34. The fraction of sp³-hybridized carbons (Fsp3) is 0.500. The van der Waals surface area contributed by atoms with Crippen molar-refractivity contribution in [2.75, 3.05) is 23.0 Å². The third-order valence-corrected chi connectivity index (χ3v) is 4.36. The highest BCUT2D eigenvalue weighted by Gasteiger charge is 2.24. The van der Waals surface area contributed by atoms with Gasteiger partial charge in [-0.15, -0.1) is 0 Å². The summed E-state index contributed by atoms with van der Waals surface area (Å²) in [4.78, 5) is 12.9. The van der Waals surface area contributed by atoms with Crippen LogP contribution in [0.25, 0.3) is 0 Å². The molecule has 4 nitrogen and oxygen atoms in total. The minimum Gasteiger partial charge on any atom is -0.362 e. The van der Waals surface area contributed by atoms with Crippen molar-refractivity contribution in [2.24, 2.45) is 0 Å². The van der Waals surface area contributed by atoms with Crippen LogP contribution in [0.5, 0.6) is 0 Å². The molecule has 1 aliphatic heterocycles. The van der Waals surface area contributed by atoms with E-state index >= 15 is 0 Å². The van der Waals surface area contributed by atoms with Crippen molar-refractivity contribution >= 4 is 34.7 Å². The van der Waals surface area contributed by atoms with E-state index in [4.69, 9.17) is 11.6 Å². The lowest BCUT2D eigenvalue weighted by molar-refractivity contribution is -0.384. The standard InChI is InChI=1S/C12H15ClN2O2S/c1-9-4-6-18-7-5-14(9)11-3-2-10(13)8-12(11)15(16)17/h2-3,8-9H,4-7H2,1H3. The Morgan fingerprint density at radius 2 is 2.28 bits per heavy atom. The van der Waals surface area contributed by atoms with Gasteiger partial charge in [-0.25, -0.2) is 0 Å². The summed E-state index contributed by atoms with van der Waals surface area (Å²) in [5, 5.41) is 11.5. The second-order valence-corrected chi connectivity index (χ2v) is 5.99. The Labute approximate surface area is 115 Å². The zero-order chi connectivity index (χ0) is 13.1. The fourth-order valence-corrected chi connectivity index (χ4v) is 3.34. The number of nitro benzene ring substituents is 1. The molecule has 1 aromatic rings. The molecule has 0 aromatic heterocycles. The molecular weight excluding hydrogens is 272 g/mol. The molecule has 1 saturated heterocycles. The van der Waals surface area contributed by atoms with Gasteiger partial charge in [0.15, 0.2) is 0 Å². The molecule has 0 N–H and O–H groups in total. The van der Waals surface area contributed by atoms with Crippen LogP contribution in [-0.4, -0.2) is 29.0 Å². The summed E-state index contributed by atoms with van der Waals surface area (Å²) in [5.74, 6) is 2.11. The van der Waals surface area contributed by atoms with E-state index in [1.165, 1.54) is 6.07 Å². The van der Waals surface area contributed by atoms with Gasteiger partial charge in [0.2, 0.25) is 0 Å². The minimum absolute atomic E-state index is 0.0984. The summed E-state index contributed by atoms with van der Waals surface area (Å²) in [5.41, 5.74) is 0.778. The molecule has 0 amide bonds. The van der Waals surface area contributed by atoms with Gasteiger partial charge in [-0.2, -0.15) is 11.8 Å². The lowest BCUT2D eigenvalue weighted by Gasteiger charge is -2.28. The summed E-state index contributed by atoms with van der Waals surface area (Å²) < 4.78 is 0. The second-order valence-electron chi connectivity index (χ2n) is 4.33. The molecule has 0 bridgehead atoms. The molecule has 0 saturated carbocycles. The topological polar surface area (TPSA) is 46.4 Å². The lowest BCUT2D eigenvalue weighted by atomic mass is 10.1. The maximum Gasteiger partial charge on any atom is 0.294 e. The van der Waals surface area contributed by atoms with Crippen LogP contribution in [0.1, 0.15) is 13.3 Å². The van der Waals surface area contributed by atoms with Crippen molar-refractivity contribution in [3.8, 4) is 0 Å². The first-order chi connectivity index (χ1) is 8.59. The van der Waals surface area contributed by atoms with E-state index < -0.39 is 0 Å². The Balaban J connectivity index is 2.39. The van der Waals surface area contributed by atoms with Crippen LogP contribution in [0.4, 0.5) is 11.4 Å². The summed E-state index contributed by atoms with van der Waals surface area (Å²) in [6.07, 6.45) is 1.05. The van der Waals surface area contributed by atoms with Gasteiger partial charge in [0, 0.05) is 29.4 Å². The van der Waals surface area contributed by atoms with E-state index in [-0.39, 0.29) is 10.6 Å². The number of nitro groups is 1. The zero-order valence-corrected chi connectivity index (χ0v) is 11.7. The molecule has 0 aliphatic carbocycles. The first kappa shape index (κ1) is 13.5. The Morgan fingerprint density at radius 3 is 3.00 bits per heavy atom. The summed E-state index contributed by atoms with van der Waals surface area (Å²) in [6, 6.07) is 5.23. The molecule has 0 spiro atoms. The van der Waals surface area contributed by atoms with Crippen molar-refractivity contribution < 1.29 is 4.92 Å². The van der Waals surface area contributed by atoms with Crippen molar-refractivity contribution in [2.45, 2.75) is 19.4 Å². The predicted molar refractivity (Wildman–Crippen MR) is 76.9 cm³/mol. The number of rotatable bonds is 2. The van der Waals surface area contributed by atoms with Crippen LogP contribution >= 0.6 is 23.4 Å². The van der Waals surface area contributed by atoms with E-state index in [9.17, 15) is 10.1 Å². The van der Waals surface area contributed by atoms with Crippen molar-refractivity contribution in [3.05, 3.63) is 33.3 Å². The predicted octanol–water partition coefficient (Wildman–Crippen LogP) is 3.58. The van der Waals surface area contributed by atoms with Crippen LogP contribution in [0.2, 0.25) is 5.02 Å². The van der Waals surface area contributed by atoms with Gasteiger partial charge in [0.25, 0.3) is 5.69 Å². The molecule has 0 radical (unpaired) electrons. The van der Waals surface area contributed by atoms with Crippen molar-refractivity contribution in [1.29, 1.82) is 0 Å². The molecular formula is C12H15ClN2O2S. The van der Waals surface area contributed by atoms with E-state index in [2.05, 4.69) is 11.8 Å². The van der Waals surface area contributed by atoms with Gasteiger partial charge >= 0.3 is 0 Å². The molecule has 1 unspecified atom stereocenters. The first-order valence-electron chi connectivity index (χ1n) is 5.88. The van der Waals surface area contributed by atoms with Crippen molar-refractivity contribution in [3.63, 3.8) is 0 Å². The third kappa shape index (κ3) is 2.90. The molecule has 98 valence electrons. The van der Waals surface area contributed by atoms with E-state index in [0.717, 1.165) is 24.5 Å². The van der Waals surface area contributed by atoms with E-state index in [1.54, 1.807) is 12.1 Å². The molecule has 18 heavy (non-hydrogen) atoms. The van der Waals surface area contributed by atoms with Gasteiger partial charge in [-0.1, -0.05) is 11.6 Å². The number of benzene rings is 1. The van der Waals surface area contributed by atoms with Crippen LogP contribution in [0.15, 0.2) is 18.2 Å². The van der Waals surface area contributed by atoms with Crippen LogP contribution in [0, 0.1) is 10.1 Å². The fourth-order valence-electron chi connectivity index (χ4n) is 2.14. The van der Waals surface area contributed by atoms with Crippen molar-refractivity contribution in [1.82, 2.24) is 0 Å². The number of thioether (sulfide) groups is 1. The van der Waals surface area contributed by atoms with Crippen LogP contribution in [0.3, 0.4) is 0 Å². The molecule has 1 aliphatic rings. The van der Waals surface area contributed by atoms with Gasteiger partial charge < -0.3 is 4.90 Å². The van der Waals surface area contributed by atoms with Gasteiger partial charge in [0.05, 0.1) is 4.92 Å². The number of anilines is 1. The highest BCUT2D eigenvalue weighted by molar-refractivity contribution is 7.99. The maximum absolute atomic E-state index is 11.1. The second kappa shape index (κ2) is 5.80. The monoisotopic (exact) mass is 286 g/mol.